The average Bonchev–Trinajstić information content (AvgIpc) is 2.66. The van der Waals surface area contributed by atoms with Gasteiger partial charge in [0.1, 0.15) is 16.6 Å². The largest absolute Gasteiger partial charge is 0.237 e. The number of halogens is 2. The molecule has 1 heterocycles. The van der Waals surface area contributed by atoms with Gasteiger partial charge in [0, 0.05) is 5.38 Å². The Labute approximate surface area is 89.7 Å². The van der Waals surface area contributed by atoms with Gasteiger partial charge in [-0.1, -0.05) is 12.6 Å². The predicted molar refractivity (Wildman–Crippen MR) is 57.6 cm³/mol. The number of nitrogens with zero attached hydrogens (tertiary/aromatic N) is 1. The molecule has 0 spiro atoms. The third-order valence-corrected chi connectivity index (χ3v) is 2.76. The van der Waals surface area contributed by atoms with E-state index in [4.69, 9.17) is 0 Å². The van der Waals surface area contributed by atoms with Crippen LogP contribution in [0.4, 0.5) is 8.78 Å². The van der Waals surface area contributed by atoms with Gasteiger partial charge in [0.25, 0.3) is 0 Å². The van der Waals surface area contributed by atoms with Crippen LogP contribution in [0.1, 0.15) is 5.01 Å². The monoisotopic (exact) mass is 223 g/mol. The summed E-state index contributed by atoms with van der Waals surface area (Å²) in [7, 11) is 0. The molecule has 1 aromatic heterocycles. The number of hydrogen-bond acceptors (Lipinski definition) is 2. The first-order valence-corrected chi connectivity index (χ1v) is 5.12. The van der Waals surface area contributed by atoms with Gasteiger partial charge in [0.2, 0.25) is 0 Å². The summed E-state index contributed by atoms with van der Waals surface area (Å²) in [6.45, 7) is 3.54. The van der Waals surface area contributed by atoms with Crippen molar-refractivity contribution in [1.29, 1.82) is 0 Å². The van der Waals surface area contributed by atoms with Gasteiger partial charge in [0.15, 0.2) is 0 Å². The Bertz CT molecular complexity index is 485. The van der Waals surface area contributed by atoms with E-state index in [-0.39, 0.29) is 5.56 Å². The molecule has 2 aromatic rings. The fourth-order valence-electron chi connectivity index (χ4n) is 1.24. The van der Waals surface area contributed by atoms with Gasteiger partial charge in [-0.2, -0.15) is 0 Å². The zero-order valence-electron chi connectivity index (χ0n) is 7.71. The van der Waals surface area contributed by atoms with Gasteiger partial charge in [-0.15, -0.1) is 11.3 Å². The summed E-state index contributed by atoms with van der Waals surface area (Å²) < 4.78 is 26.7. The van der Waals surface area contributed by atoms with Crippen molar-refractivity contribution in [3.63, 3.8) is 0 Å². The second-order valence-corrected chi connectivity index (χ2v) is 3.76. The van der Waals surface area contributed by atoms with Gasteiger partial charge in [0.05, 0.1) is 11.3 Å². The van der Waals surface area contributed by atoms with Crippen LogP contribution in [0.5, 0.6) is 0 Å². The van der Waals surface area contributed by atoms with Crippen LogP contribution < -0.4 is 0 Å². The summed E-state index contributed by atoms with van der Waals surface area (Å²) in [6.07, 6.45) is 1.55. The molecule has 1 nitrogen and oxygen atoms in total. The zero-order chi connectivity index (χ0) is 10.8. The third-order valence-electron chi connectivity index (χ3n) is 1.92. The Morgan fingerprint density at radius 3 is 2.47 bits per heavy atom. The predicted octanol–water partition coefficient (Wildman–Crippen LogP) is 3.73. The van der Waals surface area contributed by atoms with E-state index in [0.29, 0.717) is 10.7 Å². The molecule has 0 radical (unpaired) electrons. The lowest BCUT2D eigenvalue weighted by molar-refractivity contribution is 0.589. The molecule has 0 bridgehead atoms. The lowest BCUT2D eigenvalue weighted by Crippen LogP contribution is -1.89. The lowest BCUT2D eigenvalue weighted by Gasteiger charge is -1.99. The minimum absolute atomic E-state index is 0.0816. The van der Waals surface area contributed by atoms with Crippen LogP contribution >= 0.6 is 11.3 Å². The molecule has 76 valence electrons. The van der Waals surface area contributed by atoms with Crippen LogP contribution in [-0.4, -0.2) is 4.98 Å². The van der Waals surface area contributed by atoms with Crippen molar-refractivity contribution >= 4 is 17.4 Å². The standard InChI is InChI=1S/C11H7F2NS/c1-2-10-14-9(6-15-10)11-7(12)4-3-5-8(11)13/h2-6H,1H2. The molecule has 0 N–H and O–H groups in total. The summed E-state index contributed by atoms with van der Waals surface area (Å²) in [5, 5.41) is 2.26. The van der Waals surface area contributed by atoms with E-state index in [1.54, 1.807) is 11.5 Å². The maximum atomic E-state index is 13.3. The van der Waals surface area contributed by atoms with Crippen molar-refractivity contribution in [2.75, 3.05) is 0 Å². The molecule has 0 aliphatic heterocycles. The first kappa shape index (κ1) is 9.98. The Balaban J connectivity index is 2.58. The van der Waals surface area contributed by atoms with E-state index < -0.39 is 11.6 Å². The smallest absolute Gasteiger partial charge is 0.135 e. The second kappa shape index (κ2) is 3.90. The fourth-order valence-corrected chi connectivity index (χ4v) is 1.89. The first-order valence-electron chi connectivity index (χ1n) is 4.24. The third kappa shape index (κ3) is 1.80. The highest BCUT2D eigenvalue weighted by atomic mass is 32.1. The van der Waals surface area contributed by atoms with Crippen LogP contribution in [-0.2, 0) is 0 Å². The van der Waals surface area contributed by atoms with E-state index in [0.717, 1.165) is 0 Å². The highest BCUT2D eigenvalue weighted by molar-refractivity contribution is 7.10. The molecule has 0 saturated carbocycles. The van der Waals surface area contributed by atoms with E-state index in [1.165, 1.54) is 29.5 Å². The molecule has 1 aromatic carbocycles. The van der Waals surface area contributed by atoms with Crippen molar-refractivity contribution in [3.8, 4) is 11.3 Å². The SMILES string of the molecule is C=Cc1nc(-c2c(F)cccc2F)cs1. The summed E-state index contributed by atoms with van der Waals surface area (Å²) in [5.74, 6) is -1.20. The molecule has 15 heavy (non-hydrogen) atoms. The number of hydrogen-bond donors (Lipinski definition) is 0. The number of rotatable bonds is 2. The van der Waals surface area contributed by atoms with Crippen molar-refractivity contribution in [2.24, 2.45) is 0 Å². The summed E-state index contributed by atoms with van der Waals surface area (Å²) in [4.78, 5) is 4.04. The summed E-state index contributed by atoms with van der Waals surface area (Å²) in [5.41, 5.74) is 0.229. The summed E-state index contributed by atoms with van der Waals surface area (Å²) >= 11 is 1.30. The molecule has 4 heteroatoms. The Morgan fingerprint density at radius 2 is 1.93 bits per heavy atom. The Hall–Kier alpha value is -1.55. The van der Waals surface area contributed by atoms with Crippen LogP contribution in [0, 0.1) is 11.6 Å². The van der Waals surface area contributed by atoms with Gasteiger partial charge in [-0.25, -0.2) is 13.8 Å². The Kier molecular flexibility index (Phi) is 2.60. The van der Waals surface area contributed by atoms with Crippen molar-refractivity contribution in [1.82, 2.24) is 4.98 Å². The average molecular weight is 223 g/mol. The normalized spacial score (nSPS) is 10.3. The molecular formula is C11H7F2NS. The van der Waals surface area contributed by atoms with Crippen molar-refractivity contribution < 1.29 is 8.78 Å². The van der Waals surface area contributed by atoms with Gasteiger partial charge in [-0.05, 0) is 18.2 Å². The zero-order valence-corrected chi connectivity index (χ0v) is 8.52. The molecule has 0 fully saturated rings. The number of benzene rings is 1. The lowest BCUT2D eigenvalue weighted by atomic mass is 10.1. The highest BCUT2D eigenvalue weighted by Gasteiger charge is 2.13. The molecule has 2 rings (SSSR count). The molecule has 0 unspecified atom stereocenters. The number of aromatic nitrogens is 1. The van der Waals surface area contributed by atoms with Crippen LogP contribution in [0.15, 0.2) is 30.2 Å². The molecule has 0 amide bonds. The van der Waals surface area contributed by atoms with Crippen molar-refractivity contribution in [2.45, 2.75) is 0 Å². The van der Waals surface area contributed by atoms with E-state index >= 15 is 0 Å². The maximum absolute atomic E-state index is 13.3. The van der Waals surface area contributed by atoms with Gasteiger partial charge < -0.3 is 0 Å². The minimum Gasteiger partial charge on any atom is -0.237 e. The van der Waals surface area contributed by atoms with Crippen LogP contribution in [0.25, 0.3) is 17.3 Å². The summed E-state index contributed by atoms with van der Waals surface area (Å²) in [6, 6.07) is 3.76. The topological polar surface area (TPSA) is 12.9 Å². The molecule has 0 atom stereocenters. The van der Waals surface area contributed by atoms with E-state index in [9.17, 15) is 8.78 Å². The second-order valence-electron chi connectivity index (χ2n) is 2.87. The molecule has 0 aliphatic rings. The van der Waals surface area contributed by atoms with Gasteiger partial charge in [-0.3, -0.25) is 0 Å². The molecule has 0 aliphatic carbocycles. The molecule has 0 saturated heterocycles. The van der Waals surface area contributed by atoms with E-state index in [2.05, 4.69) is 11.6 Å². The van der Waals surface area contributed by atoms with E-state index in [1.807, 2.05) is 0 Å². The highest BCUT2D eigenvalue weighted by Crippen LogP contribution is 2.27. The molecular weight excluding hydrogens is 216 g/mol. The Morgan fingerprint density at radius 1 is 1.27 bits per heavy atom. The van der Waals surface area contributed by atoms with Crippen LogP contribution in [0.3, 0.4) is 0 Å². The number of thiazole rings is 1. The fraction of sp³-hybridized carbons (Fsp3) is 0. The first-order chi connectivity index (χ1) is 7.22. The quantitative estimate of drug-likeness (QED) is 0.755. The van der Waals surface area contributed by atoms with Gasteiger partial charge >= 0.3 is 0 Å². The van der Waals surface area contributed by atoms with Crippen molar-refractivity contribution in [3.05, 3.63) is 46.8 Å². The van der Waals surface area contributed by atoms with Crippen LogP contribution in [0.2, 0.25) is 0 Å². The maximum Gasteiger partial charge on any atom is 0.135 e. The minimum atomic E-state index is -0.601.